The zero-order chi connectivity index (χ0) is 17.9. The minimum absolute atomic E-state index is 0.191. The van der Waals surface area contributed by atoms with E-state index in [1.807, 2.05) is 12.1 Å². The van der Waals surface area contributed by atoms with Gasteiger partial charge in [0.25, 0.3) is 5.91 Å². The van der Waals surface area contributed by atoms with E-state index in [1.54, 1.807) is 27.8 Å². The Bertz CT molecular complexity index is 621. The molecule has 132 valence electrons. The molecule has 0 unspecified atom stereocenters. The second-order valence-electron chi connectivity index (χ2n) is 6.86. The van der Waals surface area contributed by atoms with Gasteiger partial charge in [-0.15, -0.1) is 0 Å². The van der Waals surface area contributed by atoms with E-state index < -0.39 is 11.7 Å². The summed E-state index contributed by atoms with van der Waals surface area (Å²) < 4.78 is 5.19. The van der Waals surface area contributed by atoms with Crippen molar-refractivity contribution in [1.29, 1.82) is 0 Å². The standard InChI is InChI=1S/C17H25N3O4/c1-17(2,3)24-16(22)18-10-12-8-9-13(11-6-7-11)14(19-12)15(21)20(4)23-5/h8-9,11H,6-7,10H2,1-5H3,(H,18,22). The van der Waals surface area contributed by atoms with Crippen LogP contribution in [0.1, 0.15) is 61.3 Å². The van der Waals surface area contributed by atoms with Crippen molar-refractivity contribution in [2.24, 2.45) is 0 Å². The van der Waals surface area contributed by atoms with E-state index in [9.17, 15) is 9.59 Å². The van der Waals surface area contributed by atoms with Crippen LogP contribution in [0.5, 0.6) is 0 Å². The average molecular weight is 335 g/mol. The van der Waals surface area contributed by atoms with Crippen molar-refractivity contribution >= 4 is 12.0 Å². The number of carbonyl (C=O) groups excluding carboxylic acids is 2. The lowest BCUT2D eigenvalue weighted by Gasteiger charge is -2.20. The molecule has 1 heterocycles. The Balaban J connectivity index is 2.11. The fourth-order valence-electron chi connectivity index (χ4n) is 2.21. The van der Waals surface area contributed by atoms with E-state index in [0.717, 1.165) is 23.5 Å². The van der Waals surface area contributed by atoms with Gasteiger partial charge in [0.15, 0.2) is 0 Å². The summed E-state index contributed by atoms with van der Waals surface area (Å²) in [6.45, 7) is 5.59. The number of nitrogens with zero attached hydrogens (tertiary/aromatic N) is 2. The summed E-state index contributed by atoms with van der Waals surface area (Å²) in [5, 5.41) is 3.80. The molecule has 0 saturated heterocycles. The Morgan fingerprint density at radius 3 is 2.54 bits per heavy atom. The van der Waals surface area contributed by atoms with Crippen molar-refractivity contribution < 1.29 is 19.2 Å². The number of nitrogens with one attached hydrogen (secondary N) is 1. The van der Waals surface area contributed by atoms with Gasteiger partial charge in [-0.1, -0.05) is 6.07 Å². The minimum Gasteiger partial charge on any atom is -0.444 e. The lowest BCUT2D eigenvalue weighted by Crippen LogP contribution is -2.32. The molecule has 0 aromatic carbocycles. The first kappa shape index (κ1) is 18.2. The Hall–Kier alpha value is -2.15. The molecule has 24 heavy (non-hydrogen) atoms. The van der Waals surface area contributed by atoms with E-state index >= 15 is 0 Å². The molecule has 7 nitrogen and oxygen atoms in total. The molecule has 1 aromatic heterocycles. The second-order valence-corrected chi connectivity index (χ2v) is 6.86. The molecule has 0 atom stereocenters. The van der Waals surface area contributed by atoms with Gasteiger partial charge in [-0.2, -0.15) is 0 Å². The fourth-order valence-corrected chi connectivity index (χ4v) is 2.21. The smallest absolute Gasteiger partial charge is 0.407 e. The number of hydrogen-bond acceptors (Lipinski definition) is 5. The van der Waals surface area contributed by atoms with Crippen molar-refractivity contribution in [2.45, 2.75) is 51.7 Å². The molecule has 0 aliphatic heterocycles. The van der Waals surface area contributed by atoms with E-state index in [2.05, 4.69) is 10.3 Å². The van der Waals surface area contributed by atoms with Crippen LogP contribution in [0, 0.1) is 0 Å². The number of pyridine rings is 1. The van der Waals surface area contributed by atoms with Crippen LogP contribution in [-0.2, 0) is 16.1 Å². The van der Waals surface area contributed by atoms with Crippen LogP contribution >= 0.6 is 0 Å². The molecule has 2 amide bonds. The van der Waals surface area contributed by atoms with Gasteiger partial charge in [0.1, 0.15) is 11.3 Å². The molecular formula is C17H25N3O4. The summed E-state index contributed by atoms with van der Waals surface area (Å²) in [6.07, 6.45) is 1.61. The SMILES string of the molecule is CON(C)C(=O)c1nc(CNC(=O)OC(C)(C)C)ccc1C1CC1. The maximum absolute atomic E-state index is 12.4. The van der Waals surface area contributed by atoms with Crippen LogP contribution in [0.4, 0.5) is 4.79 Å². The summed E-state index contributed by atoms with van der Waals surface area (Å²) >= 11 is 0. The number of amides is 2. The summed E-state index contributed by atoms with van der Waals surface area (Å²) in [6, 6.07) is 3.74. The Morgan fingerprint density at radius 2 is 2.00 bits per heavy atom. The number of rotatable bonds is 5. The number of hydrogen-bond donors (Lipinski definition) is 1. The lowest BCUT2D eigenvalue weighted by atomic mass is 10.1. The Labute approximate surface area is 142 Å². The number of carbonyl (C=O) groups is 2. The van der Waals surface area contributed by atoms with Gasteiger partial charge < -0.3 is 10.1 Å². The van der Waals surface area contributed by atoms with Crippen molar-refractivity contribution in [3.05, 3.63) is 29.1 Å². The molecule has 1 saturated carbocycles. The second kappa shape index (κ2) is 7.17. The molecule has 1 fully saturated rings. The van der Waals surface area contributed by atoms with Gasteiger partial charge in [0.05, 0.1) is 19.3 Å². The molecule has 0 radical (unpaired) electrons. The predicted octanol–water partition coefficient (Wildman–Crippen LogP) is 2.62. The van der Waals surface area contributed by atoms with Crippen LogP contribution in [0.3, 0.4) is 0 Å². The van der Waals surface area contributed by atoms with Crippen molar-refractivity contribution in [3.8, 4) is 0 Å². The van der Waals surface area contributed by atoms with Gasteiger partial charge in [-0.25, -0.2) is 14.8 Å². The highest BCUT2D eigenvalue weighted by atomic mass is 16.7. The topological polar surface area (TPSA) is 80.8 Å². The number of alkyl carbamates (subject to hydrolysis) is 1. The third-order valence-corrected chi connectivity index (χ3v) is 3.58. The molecular weight excluding hydrogens is 310 g/mol. The lowest BCUT2D eigenvalue weighted by molar-refractivity contribution is -0.0761. The first-order valence-electron chi connectivity index (χ1n) is 8.00. The van der Waals surface area contributed by atoms with Gasteiger partial charge in [-0.3, -0.25) is 9.63 Å². The quantitative estimate of drug-likeness (QED) is 0.837. The Kier molecular flexibility index (Phi) is 5.43. The molecule has 1 aliphatic rings. The molecule has 1 aliphatic carbocycles. The summed E-state index contributed by atoms with van der Waals surface area (Å²) in [4.78, 5) is 33.6. The van der Waals surface area contributed by atoms with Crippen molar-refractivity contribution in [3.63, 3.8) is 0 Å². The monoisotopic (exact) mass is 335 g/mol. The zero-order valence-electron chi connectivity index (χ0n) is 14.9. The van der Waals surface area contributed by atoms with Gasteiger partial charge in [0.2, 0.25) is 0 Å². The number of aromatic nitrogens is 1. The summed E-state index contributed by atoms with van der Waals surface area (Å²) in [7, 11) is 2.98. The van der Waals surface area contributed by atoms with Crippen LogP contribution in [0.25, 0.3) is 0 Å². The van der Waals surface area contributed by atoms with Crippen molar-refractivity contribution in [2.75, 3.05) is 14.2 Å². The van der Waals surface area contributed by atoms with Crippen LogP contribution < -0.4 is 5.32 Å². The number of hydroxylamine groups is 2. The molecule has 0 bridgehead atoms. The summed E-state index contributed by atoms with van der Waals surface area (Å²) in [5.74, 6) is 0.0908. The highest BCUT2D eigenvalue weighted by molar-refractivity contribution is 5.93. The first-order chi connectivity index (χ1) is 11.2. The van der Waals surface area contributed by atoms with Gasteiger partial charge in [0, 0.05) is 7.05 Å². The van der Waals surface area contributed by atoms with Crippen LogP contribution in [0.2, 0.25) is 0 Å². The zero-order valence-corrected chi connectivity index (χ0v) is 14.9. The Morgan fingerprint density at radius 1 is 1.33 bits per heavy atom. The fraction of sp³-hybridized carbons (Fsp3) is 0.588. The molecule has 1 N–H and O–H groups in total. The first-order valence-corrected chi connectivity index (χ1v) is 8.00. The van der Waals surface area contributed by atoms with Gasteiger partial charge >= 0.3 is 6.09 Å². The van der Waals surface area contributed by atoms with E-state index in [-0.39, 0.29) is 12.5 Å². The molecule has 2 rings (SSSR count). The van der Waals surface area contributed by atoms with Crippen LogP contribution in [-0.4, -0.2) is 41.8 Å². The third-order valence-electron chi connectivity index (χ3n) is 3.58. The number of ether oxygens (including phenoxy) is 1. The van der Waals surface area contributed by atoms with E-state index in [4.69, 9.17) is 9.57 Å². The maximum atomic E-state index is 12.4. The normalized spacial score (nSPS) is 14.2. The van der Waals surface area contributed by atoms with Crippen molar-refractivity contribution in [1.82, 2.24) is 15.4 Å². The largest absolute Gasteiger partial charge is 0.444 e. The average Bonchev–Trinajstić information content (AvgIpc) is 3.34. The predicted molar refractivity (Wildman–Crippen MR) is 88.4 cm³/mol. The minimum atomic E-state index is -0.560. The maximum Gasteiger partial charge on any atom is 0.407 e. The molecule has 0 spiro atoms. The summed E-state index contributed by atoms with van der Waals surface area (Å²) in [5.41, 5.74) is 1.35. The highest BCUT2D eigenvalue weighted by Crippen LogP contribution is 2.41. The molecule has 1 aromatic rings. The van der Waals surface area contributed by atoms with Gasteiger partial charge in [-0.05, 0) is 51.2 Å². The highest BCUT2D eigenvalue weighted by Gasteiger charge is 2.30. The molecule has 7 heteroatoms. The van der Waals surface area contributed by atoms with Crippen LogP contribution in [0.15, 0.2) is 12.1 Å². The third kappa shape index (κ3) is 4.92. The van der Waals surface area contributed by atoms with E-state index in [0.29, 0.717) is 17.3 Å². The van der Waals surface area contributed by atoms with E-state index in [1.165, 1.54) is 7.11 Å².